The second-order valence-corrected chi connectivity index (χ2v) is 5.32. The number of ether oxygens (including phenoxy) is 4. The van der Waals surface area contributed by atoms with Gasteiger partial charge in [-0.2, -0.15) is 5.10 Å². The van der Waals surface area contributed by atoms with Gasteiger partial charge in [0.1, 0.15) is 0 Å². The summed E-state index contributed by atoms with van der Waals surface area (Å²) in [6, 6.07) is 3.04. The Morgan fingerprint density at radius 2 is 1.65 bits per heavy atom. The number of nitrogens with one attached hydrogen (secondary N) is 1. The zero-order valence-electron chi connectivity index (χ0n) is 16.0. The molecule has 0 saturated carbocycles. The van der Waals surface area contributed by atoms with Crippen LogP contribution >= 0.6 is 0 Å². The van der Waals surface area contributed by atoms with Crippen molar-refractivity contribution in [3.8, 4) is 17.2 Å². The summed E-state index contributed by atoms with van der Waals surface area (Å²) in [6.07, 6.45) is 0.522. The van der Waals surface area contributed by atoms with E-state index in [1.165, 1.54) is 33.5 Å². The molecule has 1 amide bonds. The monoisotopic (exact) mass is 366 g/mol. The van der Waals surface area contributed by atoms with Crippen LogP contribution in [-0.4, -0.2) is 45.5 Å². The van der Waals surface area contributed by atoms with Crippen LogP contribution in [0, 0.1) is 5.92 Å². The molecule has 8 heteroatoms. The first-order chi connectivity index (χ1) is 12.4. The molecule has 0 aromatic heterocycles. The van der Waals surface area contributed by atoms with Crippen LogP contribution in [-0.2, 0) is 9.53 Å². The SMILES string of the molecule is CCOC(=O)C(CC)/C(C)=N\NC(=O)c1cc(OC)c(OC)c(OC)c1. The van der Waals surface area contributed by atoms with Crippen molar-refractivity contribution in [2.24, 2.45) is 11.0 Å². The van der Waals surface area contributed by atoms with Gasteiger partial charge in [-0.1, -0.05) is 6.92 Å². The first-order valence-corrected chi connectivity index (χ1v) is 8.24. The number of methoxy groups -OCH3 is 3. The Morgan fingerprint density at radius 1 is 1.08 bits per heavy atom. The summed E-state index contributed by atoms with van der Waals surface area (Å²) in [5, 5.41) is 4.03. The van der Waals surface area contributed by atoms with Gasteiger partial charge in [0.05, 0.1) is 33.9 Å². The van der Waals surface area contributed by atoms with Crippen LogP contribution in [0.15, 0.2) is 17.2 Å². The van der Waals surface area contributed by atoms with Gasteiger partial charge in [-0.25, -0.2) is 5.43 Å². The number of rotatable bonds is 9. The fraction of sp³-hybridized carbons (Fsp3) is 0.500. The summed E-state index contributed by atoms with van der Waals surface area (Å²) in [4.78, 5) is 24.3. The molecule has 0 fully saturated rings. The molecule has 1 rings (SSSR count). The molecule has 0 aliphatic rings. The quantitative estimate of drug-likeness (QED) is 0.410. The Kier molecular flexibility index (Phi) is 8.41. The van der Waals surface area contributed by atoms with E-state index >= 15 is 0 Å². The van der Waals surface area contributed by atoms with E-state index in [1.807, 2.05) is 6.92 Å². The van der Waals surface area contributed by atoms with Crippen LogP contribution in [0.2, 0.25) is 0 Å². The summed E-state index contributed by atoms with van der Waals surface area (Å²) in [7, 11) is 4.41. The standard InChI is InChI=1S/C18H26N2O6/c1-7-13(18(22)26-8-2)11(3)19-20-17(21)12-9-14(23-4)16(25-6)15(10-12)24-5/h9-10,13H,7-8H2,1-6H3,(H,20,21)/b19-11-. The maximum absolute atomic E-state index is 12.4. The Morgan fingerprint density at radius 3 is 2.08 bits per heavy atom. The number of nitrogens with zero attached hydrogens (tertiary/aromatic N) is 1. The van der Waals surface area contributed by atoms with Crippen molar-refractivity contribution in [2.45, 2.75) is 27.2 Å². The highest BCUT2D eigenvalue weighted by atomic mass is 16.5. The van der Waals surface area contributed by atoms with E-state index in [2.05, 4.69) is 10.5 Å². The third-order valence-corrected chi connectivity index (χ3v) is 3.74. The fourth-order valence-corrected chi connectivity index (χ4v) is 2.37. The molecule has 26 heavy (non-hydrogen) atoms. The number of hydrogen-bond acceptors (Lipinski definition) is 7. The lowest BCUT2D eigenvalue weighted by Crippen LogP contribution is -2.27. The molecule has 1 aromatic rings. The molecule has 0 saturated heterocycles. The molecule has 1 atom stereocenters. The summed E-state index contributed by atoms with van der Waals surface area (Å²) >= 11 is 0. The van der Waals surface area contributed by atoms with E-state index in [0.717, 1.165) is 0 Å². The Hall–Kier alpha value is -2.77. The normalized spacial score (nSPS) is 12.2. The Bertz CT molecular complexity index is 647. The zero-order chi connectivity index (χ0) is 19.7. The minimum atomic E-state index is -0.504. The second-order valence-electron chi connectivity index (χ2n) is 5.32. The van der Waals surface area contributed by atoms with E-state index in [9.17, 15) is 9.59 Å². The van der Waals surface area contributed by atoms with E-state index in [-0.39, 0.29) is 11.5 Å². The van der Waals surface area contributed by atoms with Crippen LogP contribution in [0.4, 0.5) is 0 Å². The molecule has 144 valence electrons. The van der Waals surface area contributed by atoms with Gasteiger partial charge in [0.2, 0.25) is 5.75 Å². The highest BCUT2D eigenvalue weighted by molar-refractivity contribution is 6.02. The van der Waals surface area contributed by atoms with Gasteiger partial charge in [0.15, 0.2) is 11.5 Å². The summed E-state index contributed by atoms with van der Waals surface area (Å²) in [5.74, 6) is -0.235. The number of amides is 1. The van der Waals surface area contributed by atoms with Gasteiger partial charge in [-0.3, -0.25) is 9.59 Å². The van der Waals surface area contributed by atoms with E-state index in [4.69, 9.17) is 18.9 Å². The van der Waals surface area contributed by atoms with E-state index in [1.54, 1.807) is 13.8 Å². The van der Waals surface area contributed by atoms with Crippen molar-refractivity contribution >= 4 is 17.6 Å². The second kappa shape index (κ2) is 10.3. The van der Waals surface area contributed by atoms with Crippen molar-refractivity contribution < 1.29 is 28.5 Å². The van der Waals surface area contributed by atoms with Gasteiger partial charge in [-0.15, -0.1) is 0 Å². The molecule has 0 aliphatic heterocycles. The topological polar surface area (TPSA) is 95.5 Å². The number of carbonyl (C=O) groups is 2. The number of esters is 1. The first kappa shape index (κ1) is 21.3. The molecule has 0 spiro atoms. The summed E-state index contributed by atoms with van der Waals surface area (Å²) in [6.45, 7) is 5.55. The average molecular weight is 366 g/mol. The van der Waals surface area contributed by atoms with Crippen LogP contribution in [0.5, 0.6) is 17.2 Å². The molecule has 8 nitrogen and oxygen atoms in total. The maximum atomic E-state index is 12.4. The minimum Gasteiger partial charge on any atom is -0.493 e. The predicted molar refractivity (Wildman–Crippen MR) is 97.1 cm³/mol. The molecule has 1 unspecified atom stereocenters. The van der Waals surface area contributed by atoms with Gasteiger partial charge in [0.25, 0.3) is 5.91 Å². The summed E-state index contributed by atoms with van der Waals surface area (Å²) in [5.41, 5.74) is 3.18. The molecule has 1 aromatic carbocycles. The lowest BCUT2D eigenvalue weighted by Gasteiger charge is -2.14. The van der Waals surface area contributed by atoms with Crippen LogP contribution in [0.3, 0.4) is 0 Å². The molecule has 0 bridgehead atoms. The van der Waals surface area contributed by atoms with Gasteiger partial charge >= 0.3 is 5.97 Å². The zero-order valence-corrected chi connectivity index (χ0v) is 16.0. The van der Waals surface area contributed by atoms with Crippen molar-refractivity contribution in [3.05, 3.63) is 17.7 Å². The molecule has 1 N–H and O–H groups in total. The predicted octanol–water partition coefficient (Wildman–Crippen LogP) is 2.41. The number of hydrogen-bond donors (Lipinski definition) is 1. The Labute approximate surface area is 153 Å². The van der Waals surface area contributed by atoms with Gasteiger partial charge in [-0.05, 0) is 32.4 Å². The number of carbonyl (C=O) groups excluding carboxylic acids is 2. The Balaban J connectivity index is 3.01. The van der Waals surface area contributed by atoms with Crippen molar-refractivity contribution in [2.75, 3.05) is 27.9 Å². The van der Waals surface area contributed by atoms with Gasteiger partial charge < -0.3 is 18.9 Å². The fourth-order valence-electron chi connectivity index (χ4n) is 2.37. The van der Waals surface area contributed by atoms with Gasteiger partial charge in [0, 0.05) is 11.3 Å². The number of hydrazone groups is 1. The van der Waals surface area contributed by atoms with Crippen LogP contribution in [0.25, 0.3) is 0 Å². The van der Waals surface area contributed by atoms with E-state index < -0.39 is 11.8 Å². The number of benzene rings is 1. The van der Waals surface area contributed by atoms with Crippen molar-refractivity contribution in [1.29, 1.82) is 0 Å². The molecule has 0 radical (unpaired) electrons. The summed E-state index contributed by atoms with van der Waals surface area (Å²) < 4.78 is 20.7. The molecule has 0 aliphatic carbocycles. The lowest BCUT2D eigenvalue weighted by molar-refractivity contribution is -0.145. The average Bonchev–Trinajstić information content (AvgIpc) is 2.65. The highest BCUT2D eigenvalue weighted by Crippen LogP contribution is 2.38. The maximum Gasteiger partial charge on any atom is 0.314 e. The highest BCUT2D eigenvalue weighted by Gasteiger charge is 2.22. The first-order valence-electron chi connectivity index (χ1n) is 8.24. The largest absolute Gasteiger partial charge is 0.493 e. The molecule has 0 heterocycles. The van der Waals surface area contributed by atoms with E-state index in [0.29, 0.717) is 36.0 Å². The smallest absolute Gasteiger partial charge is 0.314 e. The van der Waals surface area contributed by atoms with Crippen molar-refractivity contribution in [1.82, 2.24) is 5.43 Å². The lowest BCUT2D eigenvalue weighted by atomic mass is 10.0. The molecular formula is C18H26N2O6. The van der Waals surface area contributed by atoms with Crippen LogP contribution < -0.4 is 19.6 Å². The van der Waals surface area contributed by atoms with Crippen LogP contribution in [0.1, 0.15) is 37.6 Å². The minimum absolute atomic E-state index is 0.278. The third kappa shape index (κ3) is 5.11. The van der Waals surface area contributed by atoms with Crippen molar-refractivity contribution in [3.63, 3.8) is 0 Å². The molecular weight excluding hydrogens is 340 g/mol. The third-order valence-electron chi connectivity index (χ3n) is 3.74.